The summed E-state index contributed by atoms with van der Waals surface area (Å²) in [5.41, 5.74) is 2.87. The van der Waals surface area contributed by atoms with E-state index in [0.717, 1.165) is 41.0 Å². The highest BCUT2D eigenvalue weighted by Crippen LogP contribution is 2.32. The van der Waals surface area contributed by atoms with Gasteiger partial charge in [-0.2, -0.15) is 0 Å². The SMILES string of the molecule is CN(C)C(CNC(=O)C(=O)Nc1ccc2c(c1)N(S(C)(=O)=O)CCC2)c1cccc2ccccc12. The monoisotopic (exact) mass is 494 g/mol. The van der Waals surface area contributed by atoms with Crippen LogP contribution in [0.15, 0.2) is 60.7 Å². The zero-order chi connectivity index (χ0) is 25.2. The molecule has 2 amide bonds. The minimum atomic E-state index is -3.43. The standard InChI is InChI=1S/C26H30N4O4S/c1-29(2)24(22-12-6-9-18-8-4-5-11-21(18)22)17-27-25(31)26(32)28-20-14-13-19-10-7-15-30(23(19)16-20)35(3,33)34/h4-6,8-9,11-14,16,24H,7,10,15,17H2,1-3H3,(H,27,31)(H,28,32). The van der Waals surface area contributed by atoms with Gasteiger partial charge in [0.1, 0.15) is 0 Å². The number of anilines is 2. The first kappa shape index (κ1) is 24.7. The number of benzene rings is 3. The second kappa shape index (κ2) is 10.1. The van der Waals surface area contributed by atoms with E-state index in [9.17, 15) is 18.0 Å². The predicted molar refractivity (Wildman–Crippen MR) is 139 cm³/mol. The third kappa shape index (κ3) is 5.47. The molecule has 0 radical (unpaired) electrons. The first-order valence-electron chi connectivity index (χ1n) is 11.5. The number of nitrogens with one attached hydrogen (secondary N) is 2. The van der Waals surface area contributed by atoms with Gasteiger partial charge in [-0.15, -0.1) is 0 Å². The van der Waals surface area contributed by atoms with E-state index < -0.39 is 21.8 Å². The van der Waals surface area contributed by atoms with E-state index in [-0.39, 0.29) is 12.6 Å². The van der Waals surface area contributed by atoms with Gasteiger partial charge >= 0.3 is 11.8 Å². The molecular formula is C26H30N4O4S. The van der Waals surface area contributed by atoms with Gasteiger partial charge in [0.05, 0.1) is 18.0 Å². The Kier molecular flexibility index (Phi) is 7.09. The van der Waals surface area contributed by atoms with E-state index in [4.69, 9.17) is 0 Å². The van der Waals surface area contributed by atoms with Crippen molar-refractivity contribution < 1.29 is 18.0 Å². The fraction of sp³-hybridized carbons (Fsp3) is 0.308. The Morgan fingerprint density at radius 2 is 1.77 bits per heavy atom. The minimum Gasteiger partial charge on any atom is -0.346 e. The summed E-state index contributed by atoms with van der Waals surface area (Å²) in [5.74, 6) is -1.56. The quantitative estimate of drug-likeness (QED) is 0.514. The zero-order valence-corrected chi connectivity index (χ0v) is 20.9. The Morgan fingerprint density at radius 1 is 1.03 bits per heavy atom. The van der Waals surface area contributed by atoms with Crippen LogP contribution in [0.4, 0.5) is 11.4 Å². The fourth-order valence-corrected chi connectivity index (χ4v) is 5.52. The first-order chi connectivity index (χ1) is 16.6. The van der Waals surface area contributed by atoms with Crippen LogP contribution < -0.4 is 14.9 Å². The summed E-state index contributed by atoms with van der Waals surface area (Å²) in [6.45, 7) is 0.642. The summed E-state index contributed by atoms with van der Waals surface area (Å²) in [6, 6.07) is 19.1. The van der Waals surface area contributed by atoms with Crippen LogP contribution in [-0.4, -0.2) is 58.6 Å². The van der Waals surface area contributed by atoms with Crippen LogP contribution in [-0.2, 0) is 26.0 Å². The molecule has 0 saturated carbocycles. The lowest BCUT2D eigenvalue weighted by Crippen LogP contribution is -2.40. The number of fused-ring (bicyclic) bond motifs is 2. The number of aryl methyl sites for hydroxylation is 1. The second-order valence-corrected chi connectivity index (χ2v) is 10.9. The predicted octanol–water partition coefficient (Wildman–Crippen LogP) is 2.91. The maximum Gasteiger partial charge on any atom is 0.313 e. The highest BCUT2D eigenvalue weighted by molar-refractivity contribution is 7.92. The molecule has 0 saturated heterocycles. The lowest BCUT2D eigenvalue weighted by atomic mass is 9.98. The molecule has 35 heavy (non-hydrogen) atoms. The van der Waals surface area contributed by atoms with Crippen LogP contribution in [0.25, 0.3) is 10.8 Å². The Balaban J connectivity index is 1.46. The van der Waals surface area contributed by atoms with Crippen LogP contribution >= 0.6 is 0 Å². The molecule has 0 aromatic heterocycles. The van der Waals surface area contributed by atoms with Crippen LogP contribution in [0.5, 0.6) is 0 Å². The molecule has 2 N–H and O–H groups in total. The van der Waals surface area contributed by atoms with Crippen molar-refractivity contribution in [1.82, 2.24) is 10.2 Å². The van der Waals surface area contributed by atoms with Crippen molar-refractivity contribution in [3.8, 4) is 0 Å². The summed E-state index contributed by atoms with van der Waals surface area (Å²) in [7, 11) is 0.427. The summed E-state index contributed by atoms with van der Waals surface area (Å²) >= 11 is 0. The molecule has 4 rings (SSSR count). The van der Waals surface area contributed by atoms with E-state index >= 15 is 0 Å². The molecule has 8 nitrogen and oxygen atoms in total. The van der Waals surface area contributed by atoms with E-state index in [1.54, 1.807) is 18.2 Å². The molecule has 0 bridgehead atoms. The smallest absolute Gasteiger partial charge is 0.313 e. The first-order valence-corrected chi connectivity index (χ1v) is 13.3. The van der Waals surface area contributed by atoms with E-state index in [1.807, 2.05) is 61.5 Å². The van der Waals surface area contributed by atoms with Gasteiger partial charge < -0.3 is 15.5 Å². The molecule has 0 aliphatic carbocycles. The van der Waals surface area contributed by atoms with Gasteiger partial charge in [0.25, 0.3) is 0 Å². The zero-order valence-electron chi connectivity index (χ0n) is 20.1. The van der Waals surface area contributed by atoms with Crippen molar-refractivity contribution >= 4 is 44.0 Å². The van der Waals surface area contributed by atoms with E-state index in [0.29, 0.717) is 17.9 Å². The number of hydrogen-bond acceptors (Lipinski definition) is 5. The molecule has 9 heteroatoms. The highest BCUT2D eigenvalue weighted by Gasteiger charge is 2.25. The van der Waals surface area contributed by atoms with E-state index in [1.165, 1.54) is 4.31 Å². The largest absolute Gasteiger partial charge is 0.346 e. The number of carbonyl (C=O) groups is 2. The maximum absolute atomic E-state index is 12.6. The molecule has 1 heterocycles. The molecule has 0 fully saturated rings. The Morgan fingerprint density at radius 3 is 2.51 bits per heavy atom. The number of likely N-dealkylation sites (N-methyl/N-ethyl adjacent to an activating group) is 1. The van der Waals surface area contributed by atoms with Gasteiger partial charge in [-0.3, -0.25) is 13.9 Å². The van der Waals surface area contributed by atoms with Crippen molar-refractivity contribution in [2.45, 2.75) is 18.9 Å². The fourth-order valence-electron chi connectivity index (χ4n) is 4.53. The number of amides is 2. The van der Waals surface area contributed by atoms with Gasteiger partial charge in [-0.25, -0.2) is 8.42 Å². The molecular weight excluding hydrogens is 464 g/mol. The lowest BCUT2D eigenvalue weighted by Gasteiger charge is -2.29. The van der Waals surface area contributed by atoms with Gasteiger partial charge in [0, 0.05) is 18.8 Å². The number of rotatable bonds is 6. The van der Waals surface area contributed by atoms with Crippen LogP contribution in [0, 0.1) is 0 Å². The van der Waals surface area contributed by atoms with Crippen LogP contribution in [0.3, 0.4) is 0 Å². The van der Waals surface area contributed by atoms with Gasteiger partial charge in [-0.1, -0.05) is 48.5 Å². The van der Waals surface area contributed by atoms with Crippen molar-refractivity contribution in [2.75, 3.05) is 43.1 Å². The summed E-state index contributed by atoms with van der Waals surface area (Å²) in [6.07, 6.45) is 2.66. The number of hydrogen-bond donors (Lipinski definition) is 2. The molecule has 1 aliphatic rings. The maximum atomic E-state index is 12.6. The molecule has 0 spiro atoms. The second-order valence-electron chi connectivity index (χ2n) is 8.99. The van der Waals surface area contributed by atoms with Crippen LogP contribution in [0.1, 0.15) is 23.6 Å². The highest BCUT2D eigenvalue weighted by atomic mass is 32.2. The van der Waals surface area contributed by atoms with Crippen molar-refractivity contribution in [1.29, 1.82) is 0 Å². The summed E-state index contributed by atoms with van der Waals surface area (Å²) in [4.78, 5) is 27.3. The average molecular weight is 495 g/mol. The summed E-state index contributed by atoms with van der Waals surface area (Å²) < 4.78 is 25.7. The van der Waals surface area contributed by atoms with Gasteiger partial charge in [0.15, 0.2) is 0 Å². The molecule has 1 unspecified atom stereocenters. The number of nitrogens with zero attached hydrogens (tertiary/aromatic N) is 2. The van der Waals surface area contributed by atoms with E-state index in [2.05, 4.69) is 10.6 Å². The summed E-state index contributed by atoms with van der Waals surface area (Å²) in [5, 5.41) is 7.55. The normalized spacial score (nSPS) is 14.5. The van der Waals surface area contributed by atoms with Gasteiger partial charge in [0.2, 0.25) is 10.0 Å². The number of sulfonamides is 1. The topological polar surface area (TPSA) is 98.8 Å². The van der Waals surface area contributed by atoms with Crippen LogP contribution in [0.2, 0.25) is 0 Å². The Labute approximate surface area is 206 Å². The molecule has 184 valence electrons. The molecule has 1 atom stereocenters. The third-order valence-electron chi connectivity index (χ3n) is 6.29. The molecule has 3 aromatic carbocycles. The number of carbonyl (C=O) groups excluding carboxylic acids is 2. The Bertz CT molecular complexity index is 1370. The minimum absolute atomic E-state index is 0.134. The average Bonchev–Trinajstić information content (AvgIpc) is 2.82. The van der Waals surface area contributed by atoms with Crippen molar-refractivity contribution in [3.63, 3.8) is 0 Å². The third-order valence-corrected chi connectivity index (χ3v) is 7.47. The van der Waals surface area contributed by atoms with Crippen molar-refractivity contribution in [3.05, 3.63) is 71.8 Å². The molecule has 3 aromatic rings. The Hall–Kier alpha value is -3.43. The molecule has 1 aliphatic heterocycles. The lowest BCUT2D eigenvalue weighted by molar-refractivity contribution is -0.136. The van der Waals surface area contributed by atoms with Crippen molar-refractivity contribution in [2.24, 2.45) is 0 Å². The van der Waals surface area contributed by atoms with Gasteiger partial charge in [-0.05, 0) is 61.0 Å².